The Morgan fingerprint density at radius 3 is 2.82 bits per heavy atom. The Morgan fingerprint density at radius 1 is 1.47 bits per heavy atom. The molecule has 3 nitrogen and oxygen atoms in total. The first-order chi connectivity index (χ1) is 7.98. The van der Waals surface area contributed by atoms with E-state index in [4.69, 9.17) is 5.73 Å². The third-order valence-electron chi connectivity index (χ3n) is 3.83. The summed E-state index contributed by atoms with van der Waals surface area (Å²) in [4.78, 5) is 14.2. The molecule has 2 N–H and O–H groups in total. The first kappa shape index (κ1) is 13.2. The van der Waals surface area contributed by atoms with E-state index in [1.807, 2.05) is 16.7 Å². The van der Waals surface area contributed by atoms with E-state index in [-0.39, 0.29) is 11.9 Å². The van der Waals surface area contributed by atoms with Crippen molar-refractivity contribution in [2.45, 2.75) is 50.3 Å². The predicted molar refractivity (Wildman–Crippen MR) is 73.1 cm³/mol. The van der Waals surface area contributed by atoms with Crippen molar-refractivity contribution in [3.63, 3.8) is 0 Å². The van der Waals surface area contributed by atoms with E-state index in [0.29, 0.717) is 17.1 Å². The largest absolute Gasteiger partial charge is 0.342 e. The molecule has 2 aliphatic rings. The summed E-state index contributed by atoms with van der Waals surface area (Å²) in [7, 11) is 0. The van der Waals surface area contributed by atoms with E-state index in [1.54, 1.807) is 0 Å². The zero-order valence-corrected chi connectivity index (χ0v) is 11.8. The maximum absolute atomic E-state index is 12.1. The lowest BCUT2D eigenvalue weighted by atomic mass is 10.1. The average Bonchev–Trinajstić information content (AvgIpc) is 3.04. The van der Waals surface area contributed by atoms with Crippen molar-refractivity contribution < 1.29 is 4.79 Å². The zero-order valence-electron chi connectivity index (χ0n) is 10.9. The molecule has 17 heavy (non-hydrogen) atoms. The molecule has 0 spiro atoms. The maximum atomic E-state index is 12.1. The molecule has 0 aromatic rings. The monoisotopic (exact) mass is 256 g/mol. The van der Waals surface area contributed by atoms with Crippen LogP contribution >= 0.6 is 11.8 Å². The standard InChI is InChI=1S/C13H24N2OS/c1-13(2)5-6-15(7-8-17-13)12(16)9-11(14)10-3-4-10/h10-11H,3-9,14H2,1-2H3. The first-order valence-corrected chi connectivity index (χ1v) is 7.64. The number of nitrogens with zero attached hydrogens (tertiary/aromatic N) is 1. The highest BCUT2D eigenvalue weighted by Gasteiger charge is 2.32. The summed E-state index contributed by atoms with van der Waals surface area (Å²) < 4.78 is 0.313. The molecule has 1 saturated carbocycles. The highest BCUT2D eigenvalue weighted by Crippen LogP contribution is 2.34. The van der Waals surface area contributed by atoms with Crippen LogP contribution in [0.5, 0.6) is 0 Å². The number of hydrogen-bond acceptors (Lipinski definition) is 3. The number of nitrogens with two attached hydrogens (primary N) is 1. The van der Waals surface area contributed by atoms with Gasteiger partial charge in [0.15, 0.2) is 0 Å². The minimum absolute atomic E-state index is 0.103. The van der Waals surface area contributed by atoms with Crippen molar-refractivity contribution in [1.29, 1.82) is 0 Å². The van der Waals surface area contributed by atoms with Gasteiger partial charge in [-0.15, -0.1) is 0 Å². The Bertz CT molecular complexity index is 289. The van der Waals surface area contributed by atoms with Gasteiger partial charge in [0.1, 0.15) is 0 Å². The van der Waals surface area contributed by atoms with Gasteiger partial charge in [0.2, 0.25) is 5.91 Å². The van der Waals surface area contributed by atoms with Gasteiger partial charge < -0.3 is 10.6 Å². The fourth-order valence-electron chi connectivity index (χ4n) is 2.29. The Hall–Kier alpha value is -0.220. The van der Waals surface area contributed by atoms with Gasteiger partial charge in [-0.3, -0.25) is 4.79 Å². The molecule has 2 fully saturated rings. The summed E-state index contributed by atoms with van der Waals surface area (Å²) in [5, 5.41) is 0. The molecule has 4 heteroatoms. The summed E-state index contributed by atoms with van der Waals surface area (Å²) in [6.07, 6.45) is 4.08. The number of carbonyl (C=O) groups excluding carboxylic acids is 1. The third kappa shape index (κ3) is 3.88. The number of amides is 1. The molecule has 0 radical (unpaired) electrons. The van der Waals surface area contributed by atoms with Gasteiger partial charge in [-0.2, -0.15) is 11.8 Å². The van der Waals surface area contributed by atoms with Gasteiger partial charge in [0, 0.05) is 36.1 Å². The molecule has 1 heterocycles. The van der Waals surface area contributed by atoms with Crippen LogP contribution in [0.1, 0.15) is 39.5 Å². The molecule has 0 aromatic carbocycles. The van der Waals surface area contributed by atoms with E-state index < -0.39 is 0 Å². The number of carbonyl (C=O) groups is 1. The molecular weight excluding hydrogens is 232 g/mol. The Kier molecular flexibility index (Phi) is 4.03. The number of thioether (sulfide) groups is 1. The summed E-state index contributed by atoms with van der Waals surface area (Å²) in [6.45, 7) is 6.32. The molecular formula is C13H24N2OS. The van der Waals surface area contributed by atoms with Gasteiger partial charge >= 0.3 is 0 Å². The van der Waals surface area contributed by atoms with Crippen LogP contribution in [0.15, 0.2) is 0 Å². The minimum atomic E-state index is 0.103. The Morgan fingerprint density at radius 2 is 2.18 bits per heavy atom. The van der Waals surface area contributed by atoms with Crippen LogP contribution in [0, 0.1) is 5.92 Å². The van der Waals surface area contributed by atoms with E-state index in [2.05, 4.69) is 13.8 Å². The van der Waals surface area contributed by atoms with Crippen molar-refractivity contribution >= 4 is 17.7 Å². The van der Waals surface area contributed by atoms with Gasteiger partial charge in [-0.25, -0.2) is 0 Å². The zero-order chi connectivity index (χ0) is 12.5. The SMILES string of the molecule is CC1(C)CCN(C(=O)CC(N)C2CC2)CCS1. The Labute approximate surface area is 108 Å². The van der Waals surface area contributed by atoms with E-state index in [0.717, 1.165) is 25.3 Å². The molecule has 1 aliphatic carbocycles. The van der Waals surface area contributed by atoms with E-state index in [9.17, 15) is 4.79 Å². The van der Waals surface area contributed by atoms with Crippen LogP contribution in [-0.4, -0.2) is 40.4 Å². The molecule has 1 amide bonds. The van der Waals surface area contributed by atoms with Gasteiger partial charge in [-0.05, 0) is 25.2 Å². The smallest absolute Gasteiger partial charge is 0.224 e. The lowest BCUT2D eigenvalue weighted by Crippen LogP contribution is -2.38. The summed E-state index contributed by atoms with van der Waals surface area (Å²) in [5.41, 5.74) is 6.03. The topological polar surface area (TPSA) is 46.3 Å². The average molecular weight is 256 g/mol. The van der Waals surface area contributed by atoms with Gasteiger partial charge in [0.05, 0.1) is 0 Å². The van der Waals surface area contributed by atoms with Gasteiger partial charge in [-0.1, -0.05) is 13.8 Å². The Balaban J connectivity index is 1.82. The van der Waals surface area contributed by atoms with Crippen LogP contribution in [0.4, 0.5) is 0 Å². The lowest BCUT2D eigenvalue weighted by molar-refractivity contribution is -0.131. The van der Waals surface area contributed by atoms with Crippen molar-refractivity contribution in [2.24, 2.45) is 11.7 Å². The predicted octanol–water partition coefficient (Wildman–Crippen LogP) is 1.86. The first-order valence-electron chi connectivity index (χ1n) is 6.65. The fourth-order valence-corrected chi connectivity index (χ4v) is 3.39. The third-order valence-corrected chi connectivity index (χ3v) is 5.20. The second-order valence-corrected chi connectivity index (χ2v) is 7.75. The molecule has 1 atom stereocenters. The molecule has 2 rings (SSSR count). The summed E-state index contributed by atoms with van der Waals surface area (Å²) >= 11 is 1.97. The van der Waals surface area contributed by atoms with Crippen molar-refractivity contribution in [2.75, 3.05) is 18.8 Å². The molecule has 1 aliphatic heterocycles. The number of rotatable bonds is 3. The number of hydrogen-bond donors (Lipinski definition) is 1. The second-order valence-electron chi connectivity index (χ2n) is 5.94. The molecule has 0 bridgehead atoms. The molecule has 1 unspecified atom stereocenters. The highest BCUT2D eigenvalue weighted by atomic mass is 32.2. The van der Waals surface area contributed by atoms with Crippen LogP contribution in [0.3, 0.4) is 0 Å². The van der Waals surface area contributed by atoms with Crippen molar-refractivity contribution in [1.82, 2.24) is 4.90 Å². The summed E-state index contributed by atoms with van der Waals surface area (Å²) in [5.74, 6) is 1.94. The van der Waals surface area contributed by atoms with Crippen LogP contribution in [0.2, 0.25) is 0 Å². The quantitative estimate of drug-likeness (QED) is 0.838. The molecule has 0 aromatic heterocycles. The van der Waals surface area contributed by atoms with E-state index in [1.165, 1.54) is 12.8 Å². The van der Waals surface area contributed by atoms with Crippen LogP contribution in [-0.2, 0) is 4.79 Å². The van der Waals surface area contributed by atoms with E-state index >= 15 is 0 Å². The normalized spacial score (nSPS) is 26.4. The van der Waals surface area contributed by atoms with Crippen molar-refractivity contribution in [3.8, 4) is 0 Å². The molecule has 1 saturated heterocycles. The minimum Gasteiger partial charge on any atom is -0.342 e. The second kappa shape index (κ2) is 5.19. The van der Waals surface area contributed by atoms with Crippen molar-refractivity contribution in [3.05, 3.63) is 0 Å². The lowest BCUT2D eigenvalue weighted by Gasteiger charge is -2.23. The highest BCUT2D eigenvalue weighted by molar-refractivity contribution is 8.00. The summed E-state index contributed by atoms with van der Waals surface area (Å²) in [6, 6.07) is 0.103. The van der Waals surface area contributed by atoms with Gasteiger partial charge in [0.25, 0.3) is 0 Å². The maximum Gasteiger partial charge on any atom is 0.224 e. The molecule has 98 valence electrons. The fraction of sp³-hybridized carbons (Fsp3) is 0.923. The van der Waals surface area contributed by atoms with Crippen LogP contribution in [0.25, 0.3) is 0 Å². The van der Waals surface area contributed by atoms with Crippen LogP contribution < -0.4 is 5.73 Å².